The predicted molar refractivity (Wildman–Crippen MR) is 151 cm³/mol. The van der Waals surface area contributed by atoms with Gasteiger partial charge < -0.3 is 20.4 Å². The van der Waals surface area contributed by atoms with Gasteiger partial charge in [0.05, 0.1) is 17.8 Å². The van der Waals surface area contributed by atoms with Gasteiger partial charge in [0.15, 0.2) is 0 Å². The molecule has 0 aromatic carbocycles. The van der Waals surface area contributed by atoms with Crippen molar-refractivity contribution in [2.45, 2.75) is 136 Å². The fourth-order valence-electron chi connectivity index (χ4n) is 9.42. The van der Waals surface area contributed by atoms with Crippen molar-refractivity contribution >= 4 is 0 Å². The van der Waals surface area contributed by atoms with Gasteiger partial charge in [0.2, 0.25) is 0 Å². The van der Waals surface area contributed by atoms with Crippen LogP contribution in [-0.4, -0.2) is 44.8 Å². The summed E-state index contributed by atoms with van der Waals surface area (Å²) in [5.41, 5.74) is 2.33. The van der Waals surface area contributed by atoms with Crippen molar-refractivity contribution in [1.29, 1.82) is 0 Å². The third-order valence-corrected chi connectivity index (χ3v) is 11.6. The van der Waals surface area contributed by atoms with Gasteiger partial charge in [0, 0.05) is 17.9 Å². The molecule has 4 aliphatic rings. The number of hydrogen-bond acceptors (Lipinski definition) is 4. The maximum Gasteiger partial charge on any atom is 0.0689 e. The minimum Gasteiger partial charge on any atom is -0.396 e. The molecule has 0 aliphatic heterocycles. The SMILES string of the molecule is C[C@H](CCCC(C)(C)O)[C@H]1CC[C@H]2C3=CC=C4C[C@@H](O)[C@@H](CCCCCCO)[C@H](O)[C@]4(C)[C@H]3CC[C@]12C. The molecule has 3 saturated carbocycles. The van der Waals surface area contributed by atoms with Gasteiger partial charge in [0.1, 0.15) is 0 Å². The lowest BCUT2D eigenvalue weighted by molar-refractivity contribution is -0.100. The molecule has 0 radical (unpaired) electrons. The maximum absolute atomic E-state index is 11.9. The van der Waals surface area contributed by atoms with E-state index in [9.17, 15) is 15.3 Å². The van der Waals surface area contributed by atoms with Gasteiger partial charge in [-0.2, -0.15) is 0 Å². The topological polar surface area (TPSA) is 80.9 Å². The molecule has 0 unspecified atom stereocenters. The lowest BCUT2D eigenvalue weighted by Crippen LogP contribution is -2.56. The Morgan fingerprint density at radius 1 is 0.973 bits per heavy atom. The van der Waals surface area contributed by atoms with E-state index in [1.165, 1.54) is 31.3 Å². The monoisotopic (exact) mass is 516 g/mol. The van der Waals surface area contributed by atoms with Gasteiger partial charge >= 0.3 is 0 Å². The van der Waals surface area contributed by atoms with Crippen LogP contribution in [0.3, 0.4) is 0 Å². The van der Waals surface area contributed by atoms with Gasteiger partial charge in [-0.05, 0) is 94.3 Å². The van der Waals surface area contributed by atoms with Crippen molar-refractivity contribution in [3.63, 3.8) is 0 Å². The minimum atomic E-state index is -0.571. The largest absolute Gasteiger partial charge is 0.396 e. The van der Waals surface area contributed by atoms with Crippen molar-refractivity contribution in [3.8, 4) is 0 Å². The standard InChI is InChI=1S/C33H56O4/c1-22(11-10-18-31(2,3)37)26-15-16-27-24-14-13-23-21-29(35)25(12-8-6-7-9-20-34)30(36)33(23,5)28(24)17-19-32(26,27)4/h13-14,22,25-30,34-37H,6-12,15-21H2,1-5H3/t22-,25-,26-,27+,28+,29-,30+,32-,33+/m1/s1. The van der Waals surface area contributed by atoms with Gasteiger partial charge in [-0.15, -0.1) is 0 Å². The molecule has 0 heterocycles. The van der Waals surface area contributed by atoms with E-state index in [4.69, 9.17) is 5.11 Å². The Morgan fingerprint density at radius 2 is 1.70 bits per heavy atom. The minimum absolute atomic E-state index is 0.0592. The highest BCUT2D eigenvalue weighted by molar-refractivity contribution is 5.40. The van der Waals surface area contributed by atoms with Gasteiger partial charge in [-0.3, -0.25) is 0 Å². The molecule has 0 aromatic heterocycles. The van der Waals surface area contributed by atoms with E-state index in [0.29, 0.717) is 29.6 Å². The van der Waals surface area contributed by atoms with Gasteiger partial charge in [-0.1, -0.05) is 76.2 Å². The number of aliphatic hydroxyl groups excluding tert-OH is 3. The summed E-state index contributed by atoms with van der Waals surface area (Å²) in [6.45, 7) is 11.4. The molecule has 4 nitrogen and oxygen atoms in total. The van der Waals surface area contributed by atoms with E-state index in [1.807, 2.05) is 13.8 Å². The average Bonchev–Trinajstić information content (AvgIpc) is 3.18. The van der Waals surface area contributed by atoms with E-state index in [2.05, 4.69) is 32.9 Å². The predicted octanol–water partition coefficient (Wildman–Crippen LogP) is 6.56. The third kappa shape index (κ3) is 5.65. The van der Waals surface area contributed by atoms with Crippen LogP contribution in [-0.2, 0) is 0 Å². The molecule has 0 bridgehead atoms. The quantitative estimate of drug-likeness (QED) is 0.234. The van der Waals surface area contributed by atoms with Crippen molar-refractivity contribution in [1.82, 2.24) is 0 Å². The second kappa shape index (κ2) is 11.4. The van der Waals surface area contributed by atoms with Crippen LogP contribution in [0.2, 0.25) is 0 Å². The summed E-state index contributed by atoms with van der Waals surface area (Å²) in [7, 11) is 0. The zero-order valence-corrected chi connectivity index (χ0v) is 24.4. The van der Waals surface area contributed by atoms with Gasteiger partial charge in [-0.25, -0.2) is 0 Å². The first kappa shape index (κ1) is 29.3. The second-order valence-electron chi connectivity index (χ2n) is 14.5. The molecular weight excluding hydrogens is 460 g/mol. The highest BCUT2D eigenvalue weighted by Crippen LogP contribution is 2.66. The molecule has 0 saturated heterocycles. The van der Waals surface area contributed by atoms with E-state index in [0.717, 1.165) is 57.3 Å². The number of aliphatic hydroxyl groups is 4. The zero-order chi connectivity index (χ0) is 27.0. The van der Waals surface area contributed by atoms with Crippen LogP contribution < -0.4 is 0 Å². The molecule has 4 heteroatoms. The van der Waals surface area contributed by atoms with Crippen LogP contribution in [0.1, 0.15) is 118 Å². The lowest BCUT2D eigenvalue weighted by atomic mass is 9.48. The normalized spacial score (nSPS) is 40.4. The van der Waals surface area contributed by atoms with E-state index < -0.39 is 17.8 Å². The van der Waals surface area contributed by atoms with E-state index in [1.54, 1.807) is 5.57 Å². The van der Waals surface area contributed by atoms with Crippen molar-refractivity contribution in [2.24, 2.45) is 40.4 Å². The molecule has 4 rings (SSSR count). The first-order chi connectivity index (χ1) is 17.4. The average molecular weight is 517 g/mol. The summed E-state index contributed by atoms with van der Waals surface area (Å²) >= 11 is 0. The Bertz CT molecular complexity index is 840. The van der Waals surface area contributed by atoms with Crippen molar-refractivity contribution in [3.05, 3.63) is 23.3 Å². The third-order valence-electron chi connectivity index (χ3n) is 11.6. The van der Waals surface area contributed by atoms with E-state index >= 15 is 0 Å². The fraction of sp³-hybridized carbons (Fsp3) is 0.879. The molecule has 37 heavy (non-hydrogen) atoms. The second-order valence-corrected chi connectivity index (χ2v) is 14.5. The fourth-order valence-corrected chi connectivity index (χ4v) is 9.42. The molecule has 4 N–H and O–H groups in total. The number of allylic oxidation sites excluding steroid dienone is 3. The number of hydrogen-bond donors (Lipinski definition) is 4. The van der Waals surface area contributed by atoms with Crippen molar-refractivity contribution < 1.29 is 20.4 Å². The summed E-state index contributed by atoms with van der Waals surface area (Å²) in [5, 5.41) is 42.1. The molecule has 0 spiro atoms. The zero-order valence-electron chi connectivity index (χ0n) is 24.4. The number of fused-ring (bicyclic) bond motifs is 5. The summed E-state index contributed by atoms with van der Waals surface area (Å²) in [6.07, 6.45) is 17.3. The number of rotatable bonds is 11. The lowest BCUT2D eigenvalue weighted by Gasteiger charge is -2.58. The Kier molecular flexibility index (Phi) is 9.06. The molecule has 4 aliphatic carbocycles. The maximum atomic E-state index is 11.9. The first-order valence-electron chi connectivity index (χ1n) is 15.5. The van der Waals surface area contributed by atoms with Crippen molar-refractivity contribution in [2.75, 3.05) is 6.61 Å². The molecule has 9 atom stereocenters. The Morgan fingerprint density at radius 3 is 2.41 bits per heavy atom. The van der Waals surface area contributed by atoms with Crippen LogP contribution in [0.5, 0.6) is 0 Å². The molecule has 212 valence electrons. The highest BCUT2D eigenvalue weighted by atomic mass is 16.3. The highest BCUT2D eigenvalue weighted by Gasteiger charge is 2.60. The molecule has 3 fully saturated rings. The Balaban J connectivity index is 1.48. The molecule has 0 aromatic rings. The van der Waals surface area contributed by atoms with Gasteiger partial charge in [0.25, 0.3) is 0 Å². The van der Waals surface area contributed by atoms with Crippen LogP contribution in [0.25, 0.3) is 0 Å². The molecule has 0 amide bonds. The van der Waals surface area contributed by atoms with Crippen LogP contribution in [0.15, 0.2) is 23.3 Å². The Hall–Kier alpha value is -0.680. The van der Waals surface area contributed by atoms with Crippen LogP contribution in [0, 0.1) is 40.4 Å². The smallest absolute Gasteiger partial charge is 0.0689 e. The first-order valence-corrected chi connectivity index (χ1v) is 15.5. The molecular formula is C33H56O4. The summed E-state index contributed by atoms with van der Waals surface area (Å²) < 4.78 is 0. The van der Waals surface area contributed by atoms with Crippen LogP contribution in [0.4, 0.5) is 0 Å². The summed E-state index contributed by atoms with van der Waals surface area (Å²) in [5.74, 6) is 2.32. The number of unbranched alkanes of at least 4 members (excludes halogenated alkanes) is 3. The summed E-state index contributed by atoms with van der Waals surface area (Å²) in [6, 6.07) is 0. The van der Waals surface area contributed by atoms with E-state index in [-0.39, 0.29) is 17.9 Å². The Labute approximate surface area is 226 Å². The summed E-state index contributed by atoms with van der Waals surface area (Å²) in [4.78, 5) is 0. The van der Waals surface area contributed by atoms with Crippen LogP contribution >= 0.6 is 0 Å².